The van der Waals surface area contributed by atoms with Gasteiger partial charge in [-0.3, -0.25) is 9.59 Å². The number of hydrogen-bond acceptors (Lipinski definition) is 5. The number of nitrogens with one attached hydrogen (secondary N) is 1. The van der Waals surface area contributed by atoms with Gasteiger partial charge >= 0.3 is 0 Å². The number of carbonyl (C=O) groups excluding carboxylic acids is 2. The van der Waals surface area contributed by atoms with Crippen LogP contribution in [0.3, 0.4) is 0 Å². The fourth-order valence-electron chi connectivity index (χ4n) is 2.13. The minimum atomic E-state index is -0.209. The van der Waals surface area contributed by atoms with Crippen LogP contribution in [-0.4, -0.2) is 31.3 Å². The van der Waals surface area contributed by atoms with Crippen LogP contribution < -0.4 is 10.2 Å². The third-order valence-corrected chi connectivity index (χ3v) is 4.33. The van der Waals surface area contributed by atoms with Crippen LogP contribution in [0.25, 0.3) is 0 Å². The summed E-state index contributed by atoms with van der Waals surface area (Å²) in [6.45, 7) is 4.57. The molecule has 6 heteroatoms. The van der Waals surface area contributed by atoms with E-state index in [1.54, 1.807) is 29.5 Å². The molecular formula is C17H21N3O2S. The van der Waals surface area contributed by atoms with E-state index in [1.807, 2.05) is 24.4 Å². The molecule has 0 saturated carbocycles. The van der Waals surface area contributed by atoms with Crippen molar-refractivity contribution in [2.45, 2.75) is 26.3 Å². The summed E-state index contributed by atoms with van der Waals surface area (Å²) in [7, 11) is 3.72. The molecule has 2 aromatic rings. The molecule has 5 nitrogen and oxygen atoms in total. The van der Waals surface area contributed by atoms with Gasteiger partial charge in [-0.05, 0) is 24.1 Å². The van der Waals surface area contributed by atoms with Crippen molar-refractivity contribution in [3.05, 3.63) is 45.4 Å². The van der Waals surface area contributed by atoms with Gasteiger partial charge in [-0.15, -0.1) is 11.3 Å². The van der Waals surface area contributed by atoms with E-state index >= 15 is 0 Å². The molecule has 0 atom stereocenters. The molecule has 0 unspecified atom stereocenters. The van der Waals surface area contributed by atoms with Gasteiger partial charge in [0, 0.05) is 36.3 Å². The maximum atomic E-state index is 12.2. The van der Waals surface area contributed by atoms with Gasteiger partial charge in [0.15, 0.2) is 6.29 Å². The lowest BCUT2D eigenvalue weighted by Gasteiger charge is -2.15. The maximum absolute atomic E-state index is 12.2. The molecular weight excluding hydrogens is 310 g/mol. The van der Waals surface area contributed by atoms with E-state index in [1.165, 1.54) is 0 Å². The Kier molecular flexibility index (Phi) is 5.50. The average Bonchev–Trinajstić information content (AvgIpc) is 3.01. The Balaban J connectivity index is 2.06. The van der Waals surface area contributed by atoms with Crippen LogP contribution in [0.4, 0.5) is 5.69 Å². The van der Waals surface area contributed by atoms with Crippen LogP contribution in [0.1, 0.15) is 51.2 Å². The van der Waals surface area contributed by atoms with Gasteiger partial charge in [-0.1, -0.05) is 13.8 Å². The molecule has 1 N–H and O–H groups in total. The Morgan fingerprint density at radius 3 is 2.70 bits per heavy atom. The number of rotatable bonds is 6. The first-order chi connectivity index (χ1) is 10.9. The van der Waals surface area contributed by atoms with Crippen LogP contribution in [-0.2, 0) is 6.54 Å². The summed E-state index contributed by atoms with van der Waals surface area (Å²) in [6.07, 6.45) is 0.766. The molecule has 0 aliphatic heterocycles. The summed E-state index contributed by atoms with van der Waals surface area (Å²) < 4.78 is 0. The topological polar surface area (TPSA) is 62.3 Å². The summed E-state index contributed by atoms with van der Waals surface area (Å²) >= 11 is 1.54. The van der Waals surface area contributed by atoms with E-state index in [0.717, 1.165) is 22.7 Å². The van der Waals surface area contributed by atoms with Crippen molar-refractivity contribution < 1.29 is 9.59 Å². The first-order valence-electron chi connectivity index (χ1n) is 7.41. The second kappa shape index (κ2) is 7.37. The standard InChI is InChI=1S/C17H21N3O2S/c1-11(2)14-10-23-16(19-14)8-18-17(22)12-5-6-15(20(3)4)13(7-12)9-21/h5-7,9-11H,8H2,1-4H3,(H,18,22). The smallest absolute Gasteiger partial charge is 0.251 e. The van der Waals surface area contributed by atoms with Crippen LogP contribution in [0.5, 0.6) is 0 Å². The molecule has 1 amide bonds. The number of benzene rings is 1. The van der Waals surface area contributed by atoms with Gasteiger partial charge in [0.1, 0.15) is 5.01 Å². The fraction of sp³-hybridized carbons (Fsp3) is 0.353. The van der Waals surface area contributed by atoms with E-state index in [9.17, 15) is 9.59 Å². The molecule has 0 fully saturated rings. The molecule has 1 heterocycles. The van der Waals surface area contributed by atoms with Crippen molar-refractivity contribution in [2.75, 3.05) is 19.0 Å². The van der Waals surface area contributed by atoms with E-state index in [0.29, 0.717) is 23.6 Å². The number of nitrogens with zero attached hydrogens (tertiary/aromatic N) is 2. The number of aldehydes is 1. The third-order valence-electron chi connectivity index (χ3n) is 3.46. The van der Waals surface area contributed by atoms with Gasteiger partial charge in [-0.25, -0.2) is 4.98 Å². The van der Waals surface area contributed by atoms with E-state index in [-0.39, 0.29) is 5.91 Å². The molecule has 0 radical (unpaired) electrons. The summed E-state index contributed by atoms with van der Waals surface area (Å²) in [5.41, 5.74) is 2.80. The van der Waals surface area contributed by atoms with Crippen molar-refractivity contribution in [2.24, 2.45) is 0 Å². The lowest BCUT2D eigenvalue weighted by atomic mass is 10.1. The van der Waals surface area contributed by atoms with Gasteiger partial charge < -0.3 is 10.2 Å². The highest BCUT2D eigenvalue weighted by atomic mass is 32.1. The average molecular weight is 331 g/mol. The normalized spacial score (nSPS) is 10.7. The number of amides is 1. The highest BCUT2D eigenvalue weighted by molar-refractivity contribution is 7.09. The lowest BCUT2D eigenvalue weighted by molar-refractivity contribution is 0.0951. The Morgan fingerprint density at radius 2 is 2.13 bits per heavy atom. The van der Waals surface area contributed by atoms with Crippen LogP contribution >= 0.6 is 11.3 Å². The second-order valence-corrected chi connectivity index (χ2v) is 6.73. The zero-order valence-corrected chi connectivity index (χ0v) is 14.6. The van der Waals surface area contributed by atoms with Crippen molar-refractivity contribution in [3.63, 3.8) is 0 Å². The van der Waals surface area contributed by atoms with Crippen LogP contribution in [0.2, 0.25) is 0 Å². The zero-order valence-electron chi connectivity index (χ0n) is 13.8. The van der Waals surface area contributed by atoms with Gasteiger partial charge in [-0.2, -0.15) is 0 Å². The van der Waals surface area contributed by atoms with Crippen LogP contribution in [0, 0.1) is 0 Å². The summed E-state index contributed by atoms with van der Waals surface area (Å²) in [6, 6.07) is 5.11. The first kappa shape index (κ1) is 17.1. The molecule has 2 rings (SSSR count). The molecule has 1 aromatic heterocycles. The lowest BCUT2D eigenvalue weighted by Crippen LogP contribution is -2.23. The SMILES string of the molecule is CC(C)c1csc(CNC(=O)c2ccc(N(C)C)c(C=O)c2)n1. The maximum Gasteiger partial charge on any atom is 0.251 e. The van der Waals surface area contributed by atoms with Gasteiger partial charge in [0.2, 0.25) is 0 Å². The Hall–Kier alpha value is -2.21. The Bertz CT molecular complexity index is 708. The molecule has 0 bridgehead atoms. The van der Waals surface area contributed by atoms with Crippen molar-refractivity contribution in [1.29, 1.82) is 0 Å². The minimum absolute atomic E-state index is 0.209. The zero-order chi connectivity index (χ0) is 17.0. The molecule has 0 aliphatic carbocycles. The molecule has 1 aromatic carbocycles. The Labute approximate surface area is 140 Å². The van der Waals surface area contributed by atoms with E-state index in [2.05, 4.69) is 24.1 Å². The third kappa shape index (κ3) is 4.16. The van der Waals surface area contributed by atoms with E-state index < -0.39 is 0 Å². The van der Waals surface area contributed by atoms with Crippen molar-refractivity contribution in [1.82, 2.24) is 10.3 Å². The Morgan fingerprint density at radius 1 is 1.39 bits per heavy atom. The molecule has 0 saturated heterocycles. The van der Waals surface area contributed by atoms with Crippen LogP contribution in [0.15, 0.2) is 23.6 Å². The summed E-state index contributed by atoms with van der Waals surface area (Å²) in [5, 5.41) is 5.74. The number of aromatic nitrogens is 1. The summed E-state index contributed by atoms with van der Waals surface area (Å²) in [4.78, 5) is 29.8. The number of anilines is 1. The van der Waals surface area contributed by atoms with Crippen molar-refractivity contribution >= 4 is 29.2 Å². The molecule has 23 heavy (non-hydrogen) atoms. The number of carbonyl (C=O) groups is 2. The summed E-state index contributed by atoms with van der Waals surface area (Å²) in [5.74, 6) is 0.170. The first-order valence-corrected chi connectivity index (χ1v) is 8.29. The van der Waals surface area contributed by atoms with Gasteiger partial charge in [0.25, 0.3) is 5.91 Å². The van der Waals surface area contributed by atoms with Crippen molar-refractivity contribution in [3.8, 4) is 0 Å². The highest BCUT2D eigenvalue weighted by Crippen LogP contribution is 2.19. The highest BCUT2D eigenvalue weighted by Gasteiger charge is 2.12. The largest absolute Gasteiger partial charge is 0.377 e. The number of hydrogen-bond donors (Lipinski definition) is 1. The quantitative estimate of drug-likeness (QED) is 0.826. The molecule has 0 spiro atoms. The monoisotopic (exact) mass is 331 g/mol. The molecule has 122 valence electrons. The molecule has 0 aliphatic rings. The minimum Gasteiger partial charge on any atom is -0.377 e. The number of thiazole rings is 1. The predicted octanol–water partition coefficient (Wildman–Crippen LogP) is 3.08. The van der Waals surface area contributed by atoms with Gasteiger partial charge in [0.05, 0.1) is 12.2 Å². The van der Waals surface area contributed by atoms with E-state index in [4.69, 9.17) is 0 Å². The second-order valence-electron chi connectivity index (χ2n) is 5.79. The predicted molar refractivity (Wildman–Crippen MR) is 93.5 cm³/mol. The fourth-order valence-corrected chi connectivity index (χ4v) is 3.02.